The second-order valence-corrected chi connectivity index (χ2v) is 6.48. The average molecular weight is 414 g/mol. The number of esters is 2. The Morgan fingerprint density at radius 2 is 1.39 bits per heavy atom. The summed E-state index contributed by atoms with van der Waals surface area (Å²) in [6.45, 7) is 4.28. The van der Waals surface area contributed by atoms with E-state index in [-0.39, 0.29) is 48.6 Å². The van der Waals surface area contributed by atoms with Crippen LogP contribution < -0.4 is 14.8 Å². The Kier molecular flexibility index (Phi) is 14.0. The number of hydrogen-bond acceptors (Lipinski definition) is 6. The molecule has 6 nitrogen and oxygen atoms in total. The van der Waals surface area contributed by atoms with Crippen LogP contribution in [0.3, 0.4) is 0 Å². The quantitative estimate of drug-likeness (QED) is 0.222. The van der Waals surface area contributed by atoms with Crippen molar-refractivity contribution in [3.8, 4) is 11.5 Å². The molecule has 0 saturated heterocycles. The number of Topliss-reactive ketones (excluding diaryl/α,β-unsaturated/α-hetero) is 1. The van der Waals surface area contributed by atoms with Gasteiger partial charge in [0, 0.05) is 18.4 Å². The van der Waals surface area contributed by atoms with Gasteiger partial charge < -0.3 is 14.8 Å². The van der Waals surface area contributed by atoms with Crippen LogP contribution in [-0.2, 0) is 9.59 Å². The summed E-state index contributed by atoms with van der Waals surface area (Å²) in [6, 6.07) is 4.55. The molecule has 1 N–H and O–H groups in total. The second kappa shape index (κ2) is 15.1. The molecule has 0 heterocycles. The fourth-order valence-electron chi connectivity index (χ4n) is 2.49. The molecule has 0 amide bonds. The van der Waals surface area contributed by atoms with E-state index in [1.165, 1.54) is 12.1 Å². The van der Waals surface area contributed by atoms with Crippen LogP contribution in [0.15, 0.2) is 18.2 Å². The van der Waals surface area contributed by atoms with Gasteiger partial charge in [0.15, 0.2) is 17.3 Å². The number of rotatable bonds is 13. The minimum atomic E-state index is -0.398. The van der Waals surface area contributed by atoms with Crippen LogP contribution in [0.1, 0.15) is 75.6 Å². The maximum atomic E-state index is 12.1. The highest BCUT2D eigenvalue weighted by Crippen LogP contribution is 2.30. The van der Waals surface area contributed by atoms with Crippen LogP contribution in [-0.4, -0.2) is 31.3 Å². The summed E-state index contributed by atoms with van der Waals surface area (Å²) < 4.78 is 10.8. The highest BCUT2D eigenvalue weighted by atomic mass is 35.5. The van der Waals surface area contributed by atoms with Gasteiger partial charge in [-0.15, -0.1) is 12.4 Å². The lowest BCUT2D eigenvalue weighted by Crippen LogP contribution is -2.19. The standard InChI is InChI=1S/C21H31NO5.ClH/c1-4-6-8-10-20(24)26-18-13-12-16(17(23)15-22-3)14-19(18)27-21(25)11-9-7-5-2;/h12-14,22H,4-11,15H2,1-3H3;1H. The van der Waals surface area contributed by atoms with Crippen molar-refractivity contribution in [1.29, 1.82) is 0 Å². The molecule has 1 rings (SSSR count). The molecule has 0 fully saturated rings. The first-order chi connectivity index (χ1) is 13.0. The first-order valence-corrected chi connectivity index (χ1v) is 9.75. The van der Waals surface area contributed by atoms with Gasteiger partial charge in [-0.3, -0.25) is 14.4 Å². The van der Waals surface area contributed by atoms with Crippen molar-refractivity contribution >= 4 is 30.1 Å². The second-order valence-electron chi connectivity index (χ2n) is 6.48. The lowest BCUT2D eigenvalue weighted by molar-refractivity contribution is -0.137. The Bertz CT molecular complexity index is 633. The van der Waals surface area contributed by atoms with Crippen molar-refractivity contribution < 1.29 is 23.9 Å². The summed E-state index contributed by atoms with van der Waals surface area (Å²) >= 11 is 0. The number of hydrogen-bond donors (Lipinski definition) is 1. The van der Waals surface area contributed by atoms with E-state index >= 15 is 0 Å². The smallest absolute Gasteiger partial charge is 0.311 e. The van der Waals surface area contributed by atoms with Crippen molar-refractivity contribution in [2.45, 2.75) is 65.2 Å². The van der Waals surface area contributed by atoms with Gasteiger partial charge in [0.1, 0.15) is 0 Å². The molecule has 0 unspecified atom stereocenters. The van der Waals surface area contributed by atoms with Gasteiger partial charge in [0.2, 0.25) is 0 Å². The number of ether oxygens (including phenoxy) is 2. The first-order valence-electron chi connectivity index (χ1n) is 9.75. The average Bonchev–Trinajstić information content (AvgIpc) is 2.63. The summed E-state index contributed by atoms with van der Waals surface area (Å²) in [5.41, 5.74) is 0.395. The minimum Gasteiger partial charge on any atom is -0.423 e. The van der Waals surface area contributed by atoms with Crippen LogP contribution in [0.2, 0.25) is 0 Å². The Hall–Kier alpha value is -1.92. The Morgan fingerprint density at radius 3 is 1.89 bits per heavy atom. The number of benzene rings is 1. The zero-order chi connectivity index (χ0) is 20.1. The number of carbonyl (C=O) groups excluding carboxylic acids is 3. The Morgan fingerprint density at radius 1 is 0.857 bits per heavy atom. The molecule has 1 aromatic rings. The molecular weight excluding hydrogens is 382 g/mol. The third-order valence-corrected chi connectivity index (χ3v) is 4.02. The van der Waals surface area contributed by atoms with E-state index in [0.717, 1.165) is 38.5 Å². The van der Waals surface area contributed by atoms with Gasteiger partial charge in [-0.2, -0.15) is 0 Å². The van der Waals surface area contributed by atoms with E-state index in [2.05, 4.69) is 19.2 Å². The van der Waals surface area contributed by atoms with Gasteiger partial charge in [0.05, 0.1) is 6.54 Å². The van der Waals surface area contributed by atoms with Crippen molar-refractivity contribution in [1.82, 2.24) is 5.32 Å². The zero-order valence-electron chi connectivity index (χ0n) is 17.0. The number of halogens is 1. The van der Waals surface area contributed by atoms with E-state index in [4.69, 9.17) is 9.47 Å². The fraction of sp³-hybridized carbons (Fsp3) is 0.571. The predicted molar refractivity (Wildman–Crippen MR) is 112 cm³/mol. The van der Waals surface area contributed by atoms with Gasteiger partial charge in [0.25, 0.3) is 0 Å². The molecule has 28 heavy (non-hydrogen) atoms. The molecule has 158 valence electrons. The largest absolute Gasteiger partial charge is 0.423 e. The summed E-state index contributed by atoms with van der Waals surface area (Å²) in [6.07, 6.45) is 5.98. The minimum absolute atomic E-state index is 0. The van der Waals surface area contributed by atoms with E-state index in [9.17, 15) is 14.4 Å². The number of nitrogens with one attached hydrogen (secondary N) is 1. The Labute approximate surface area is 173 Å². The third-order valence-electron chi connectivity index (χ3n) is 4.02. The Balaban J connectivity index is 0.00000729. The summed E-state index contributed by atoms with van der Waals surface area (Å²) in [7, 11) is 1.68. The van der Waals surface area contributed by atoms with Crippen LogP contribution in [0, 0.1) is 0 Å². The van der Waals surface area contributed by atoms with E-state index < -0.39 is 5.97 Å². The van der Waals surface area contributed by atoms with Gasteiger partial charge in [-0.1, -0.05) is 39.5 Å². The van der Waals surface area contributed by atoms with E-state index in [0.29, 0.717) is 12.0 Å². The number of carbonyl (C=O) groups is 3. The third kappa shape index (κ3) is 9.85. The number of ketones is 1. The van der Waals surface area contributed by atoms with Gasteiger partial charge >= 0.3 is 11.9 Å². The van der Waals surface area contributed by atoms with Crippen molar-refractivity contribution in [2.75, 3.05) is 13.6 Å². The molecule has 0 aromatic heterocycles. The van der Waals surface area contributed by atoms with Crippen LogP contribution in [0.5, 0.6) is 11.5 Å². The molecule has 7 heteroatoms. The van der Waals surface area contributed by atoms with Gasteiger partial charge in [-0.05, 0) is 38.1 Å². The molecule has 1 aromatic carbocycles. The van der Waals surface area contributed by atoms with Crippen LogP contribution in [0.4, 0.5) is 0 Å². The summed E-state index contributed by atoms with van der Waals surface area (Å²) in [5, 5.41) is 2.79. The lowest BCUT2D eigenvalue weighted by atomic mass is 10.1. The molecular formula is C21H32ClNO5. The van der Waals surface area contributed by atoms with Gasteiger partial charge in [-0.25, -0.2) is 0 Å². The van der Waals surface area contributed by atoms with Crippen molar-refractivity contribution in [3.63, 3.8) is 0 Å². The molecule has 0 bridgehead atoms. The summed E-state index contributed by atoms with van der Waals surface area (Å²) in [4.78, 5) is 36.2. The van der Waals surface area contributed by atoms with Crippen LogP contribution in [0.25, 0.3) is 0 Å². The lowest BCUT2D eigenvalue weighted by Gasteiger charge is -2.12. The SMILES string of the molecule is CCCCCC(=O)Oc1ccc(C(=O)CNC)cc1OC(=O)CCCCC.Cl. The van der Waals surface area contributed by atoms with Crippen LogP contribution >= 0.6 is 12.4 Å². The monoisotopic (exact) mass is 413 g/mol. The molecule has 0 atom stereocenters. The molecule has 0 spiro atoms. The molecule has 0 aliphatic carbocycles. The first kappa shape index (κ1) is 26.1. The van der Waals surface area contributed by atoms with Crippen molar-refractivity contribution in [3.05, 3.63) is 23.8 Å². The zero-order valence-corrected chi connectivity index (χ0v) is 17.9. The van der Waals surface area contributed by atoms with E-state index in [1.807, 2.05) is 0 Å². The maximum absolute atomic E-state index is 12.1. The highest BCUT2D eigenvalue weighted by molar-refractivity contribution is 5.98. The normalized spacial score (nSPS) is 10.1. The number of likely N-dealkylation sites (N-methyl/N-ethyl adjacent to an activating group) is 1. The molecule has 0 radical (unpaired) electrons. The highest BCUT2D eigenvalue weighted by Gasteiger charge is 2.17. The molecule has 0 aliphatic heterocycles. The fourth-order valence-corrected chi connectivity index (χ4v) is 2.49. The summed E-state index contributed by atoms with van der Waals surface area (Å²) in [5.74, 6) is -0.628. The maximum Gasteiger partial charge on any atom is 0.311 e. The topological polar surface area (TPSA) is 81.7 Å². The predicted octanol–water partition coefficient (Wildman–Crippen LogP) is 4.48. The van der Waals surface area contributed by atoms with Crippen molar-refractivity contribution in [2.24, 2.45) is 0 Å². The van der Waals surface area contributed by atoms with E-state index in [1.54, 1.807) is 13.1 Å². The number of unbranched alkanes of at least 4 members (excludes halogenated alkanes) is 4. The molecule has 0 aliphatic rings. The molecule has 0 saturated carbocycles.